The Bertz CT molecular complexity index is 614. The Kier molecular flexibility index (Phi) is 5.63. The van der Waals surface area contributed by atoms with Gasteiger partial charge in [-0.05, 0) is 59.5 Å². The molecule has 5 heteroatoms. The largest absolute Gasteiger partial charge is 0.324 e. The Morgan fingerprint density at radius 3 is 2.52 bits per heavy atom. The molecule has 0 saturated heterocycles. The summed E-state index contributed by atoms with van der Waals surface area (Å²) in [5.74, 6) is 0. The number of hydrogen-bond donors (Lipinski definition) is 1. The summed E-state index contributed by atoms with van der Waals surface area (Å²) in [5.41, 5.74) is 11.1. The number of aromatic nitrogens is 2. The third-order valence-electron chi connectivity index (χ3n) is 3.60. The van der Waals surface area contributed by atoms with E-state index >= 15 is 0 Å². The maximum atomic E-state index is 6.43. The van der Waals surface area contributed by atoms with Crippen molar-refractivity contribution in [3.8, 4) is 0 Å². The molecule has 0 spiro atoms. The number of rotatable bonds is 5. The van der Waals surface area contributed by atoms with Crippen LogP contribution in [0.25, 0.3) is 0 Å². The van der Waals surface area contributed by atoms with Crippen LogP contribution < -0.4 is 5.73 Å². The smallest absolute Gasteiger partial charge is 0.0766 e. The number of halogens is 2. The molecule has 21 heavy (non-hydrogen) atoms. The summed E-state index contributed by atoms with van der Waals surface area (Å²) in [4.78, 5) is 0. The van der Waals surface area contributed by atoms with Crippen LogP contribution in [0.2, 0.25) is 0 Å². The molecule has 1 aromatic carbocycles. The average Bonchev–Trinajstić information content (AvgIpc) is 2.74. The molecule has 0 fully saturated rings. The number of nitrogens with two attached hydrogens (primary N) is 1. The number of hydrogen-bond acceptors (Lipinski definition) is 2. The lowest BCUT2D eigenvalue weighted by molar-refractivity contribution is 0.584. The van der Waals surface area contributed by atoms with Crippen LogP contribution in [0.4, 0.5) is 0 Å². The minimum Gasteiger partial charge on any atom is -0.324 e. The molecule has 0 radical (unpaired) electrons. The van der Waals surface area contributed by atoms with Gasteiger partial charge in [-0.15, -0.1) is 0 Å². The standard InChI is InChI=1S/C16H21Br2N3/c1-4-14-16(18)15(21(5-2)20-14)9-13(19)11-6-10(3)7-12(17)8-11/h6-8,13H,4-5,9,19H2,1-3H3. The van der Waals surface area contributed by atoms with Gasteiger partial charge in [-0.2, -0.15) is 5.10 Å². The third kappa shape index (κ3) is 3.76. The Morgan fingerprint density at radius 2 is 1.95 bits per heavy atom. The molecule has 0 amide bonds. The zero-order chi connectivity index (χ0) is 15.6. The van der Waals surface area contributed by atoms with Crippen LogP contribution >= 0.6 is 31.9 Å². The molecule has 1 unspecified atom stereocenters. The molecule has 0 aliphatic carbocycles. The summed E-state index contributed by atoms with van der Waals surface area (Å²) >= 11 is 7.23. The SMILES string of the molecule is CCc1nn(CC)c(CC(N)c2cc(C)cc(Br)c2)c1Br. The van der Waals surface area contributed by atoms with Gasteiger partial charge in [-0.3, -0.25) is 4.68 Å². The van der Waals surface area contributed by atoms with Gasteiger partial charge in [-0.1, -0.05) is 28.9 Å². The number of aryl methyl sites for hydroxylation is 3. The van der Waals surface area contributed by atoms with Crippen molar-refractivity contribution in [2.24, 2.45) is 5.73 Å². The van der Waals surface area contributed by atoms with Crippen molar-refractivity contribution in [1.82, 2.24) is 9.78 Å². The van der Waals surface area contributed by atoms with Crippen molar-refractivity contribution in [2.45, 2.75) is 46.2 Å². The van der Waals surface area contributed by atoms with E-state index in [9.17, 15) is 0 Å². The van der Waals surface area contributed by atoms with E-state index in [1.54, 1.807) is 0 Å². The van der Waals surface area contributed by atoms with E-state index in [1.165, 1.54) is 11.3 Å². The van der Waals surface area contributed by atoms with E-state index in [2.05, 4.69) is 75.9 Å². The zero-order valence-electron chi connectivity index (χ0n) is 12.7. The molecule has 2 N–H and O–H groups in total. The minimum atomic E-state index is -0.0378. The highest BCUT2D eigenvalue weighted by Crippen LogP contribution is 2.28. The van der Waals surface area contributed by atoms with Gasteiger partial charge < -0.3 is 5.73 Å². The van der Waals surface area contributed by atoms with E-state index in [0.29, 0.717) is 0 Å². The minimum absolute atomic E-state index is 0.0378. The summed E-state index contributed by atoms with van der Waals surface area (Å²) in [7, 11) is 0. The van der Waals surface area contributed by atoms with Crippen molar-refractivity contribution in [2.75, 3.05) is 0 Å². The molecular formula is C16H21Br2N3. The highest BCUT2D eigenvalue weighted by atomic mass is 79.9. The molecule has 1 atom stereocenters. The van der Waals surface area contributed by atoms with Gasteiger partial charge in [0, 0.05) is 23.5 Å². The predicted octanol–water partition coefficient (Wildman–Crippen LogP) is 4.54. The van der Waals surface area contributed by atoms with E-state index in [1.807, 2.05) is 4.68 Å². The van der Waals surface area contributed by atoms with Crippen LogP contribution in [-0.4, -0.2) is 9.78 Å². The summed E-state index contributed by atoms with van der Waals surface area (Å²) in [6.07, 6.45) is 1.70. The summed E-state index contributed by atoms with van der Waals surface area (Å²) in [6.45, 7) is 7.17. The first-order valence-electron chi connectivity index (χ1n) is 7.23. The van der Waals surface area contributed by atoms with Crippen LogP contribution in [0.5, 0.6) is 0 Å². The van der Waals surface area contributed by atoms with E-state index < -0.39 is 0 Å². The van der Waals surface area contributed by atoms with Gasteiger partial charge >= 0.3 is 0 Å². The third-order valence-corrected chi connectivity index (χ3v) is 4.97. The molecule has 2 aromatic rings. The fourth-order valence-corrected chi connectivity index (χ4v) is 3.87. The monoisotopic (exact) mass is 413 g/mol. The van der Waals surface area contributed by atoms with Crippen LogP contribution in [-0.2, 0) is 19.4 Å². The van der Waals surface area contributed by atoms with Crippen molar-refractivity contribution >= 4 is 31.9 Å². The van der Waals surface area contributed by atoms with Crippen LogP contribution in [0.15, 0.2) is 27.1 Å². The topological polar surface area (TPSA) is 43.8 Å². The van der Waals surface area contributed by atoms with Crippen molar-refractivity contribution < 1.29 is 0 Å². The van der Waals surface area contributed by atoms with Gasteiger partial charge in [-0.25, -0.2) is 0 Å². The lowest BCUT2D eigenvalue weighted by atomic mass is 10.0. The summed E-state index contributed by atoms with van der Waals surface area (Å²) in [6, 6.07) is 6.30. The summed E-state index contributed by atoms with van der Waals surface area (Å²) in [5, 5.41) is 4.63. The highest BCUT2D eigenvalue weighted by molar-refractivity contribution is 9.10. The molecule has 2 rings (SSSR count). The number of benzene rings is 1. The van der Waals surface area contributed by atoms with E-state index in [4.69, 9.17) is 5.73 Å². The fraction of sp³-hybridized carbons (Fsp3) is 0.438. The van der Waals surface area contributed by atoms with Crippen LogP contribution in [0, 0.1) is 6.92 Å². The Balaban J connectivity index is 2.30. The maximum absolute atomic E-state index is 6.43. The second kappa shape index (κ2) is 7.07. The predicted molar refractivity (Wildman–Crippen MR) is 94.5 cm³/mol. The van der Waals surface area contributed by atoms with Crippen molar-refractivity contribution in [3.05, 3.63) is 49.7 Å². The van der Waals surface area contributed by atoms with Gasteiger partial charge in [0.15, 0.2) is 0 Å². The fourth-order valence-electron chi connectivity index (χ4n) is 2.52. The molecule has 0 aliphatic heterocycles. The van der Waals surface area contributed by atoms with E-state index in [0.717, 1.165) is 39.6 Å². The molecule has 0 bridgehead atoms. The van der Waals surface area contributed by atoms with Crippen LogP contribution in [0.1, 0.15) is 42.4 Å². The lowest BCUT2D eigenvalue weighted by Gasteiger charge is -2.15. The van der Waals surface area contributed by atoms with Gasteiger partial charge in [0.05, 0.1) is 15.9 Å². The molecule has 0 saturated carbocycles. The lowest BCUT2D eigenvalue weighted by Crippen LogP contribution is -2.16. The zero-order valence-corrected chi connectivity index (χ0v) is 15.8. The average molecular weight is 415 g/mol. The first kappa shape index (κ1) is 16.7. The van der Waals surface area contributed by atoms with Crippen LogP contribution in [0.3, 0.4) is 0 Å². The Morgan fingerprint density at radius 1 is 1.24 bits per heavy atom. The van der Waals surface area contributed by atoms with Gasteiger partial charge in [0.2, 0.25) is 0 Å². The quantitative estimate of drug-likeness (QED) is 0.780. The van der Waals surface area contributed by atoms with Gasteiger partial charge in [0.1, 0.15) is 0 Å². The first-order chi connectivity index (χ1) is 9.96. The van der Waals surface area contributed by atoms with Crippen molar-refractivity contribution in [1.29, 1.82) is 0 Å². The summed E-state index contributed by atoms with van der Waals surface area (Å²) < 4.78 is 4.23. The normalized spacial score (nSPS) is 12.7. The maximum Gasteiger partial charge on any atom is 0.0766 e. The van der Waals surface area contributed by atoms with Crippen molar-refractivity contribution in [3.63, 3.8) is 0 Å². The molecule has 1 heterocycles. The number of nitrogens with zero attached hydrogens (tertiary/aromatic N) is 2. The molecule has 0 aliphatic rings. The Hall–Kier alpha value is -0.650. The molecular weight excluding hydrogens is 394 g/mol. The second-order valence-electron chi connectivity index (χ2n) is 5.25. The second-order valence-corrected chi connectivity index (χ2v) is 6.96. The molecule has 114 valence electrons. The molecule has 1 aromatic heterocycles. The first-order valence-corrected chi connectivity index (χ1v) is 8.81. The Labute approximate surface area is 143 Å². The van der Waals surface area contributed by atoms with Gasteiger partial charge in [0.25, 0.3) is 0 Å². The molecule has 3 nitrogen and oxygen atoms in total. The van der Waals surface area contributed by atoms with E-state index in [-0.39, 0.29) is 6.04 Å². The highest BCUT2D eigenvalue weighted by Gasteiger charge is 2.18.